The summed E-state index contributed by atoms with van der Waals surface area (Å²) in [4.78, 5) is 2.54. The topological polar surface area (TPSA) is 23.5 Å². The first-order valence-electron chi connectivity index (χ1n) is 8.24. The fourth-order valence-corrected chi connectivity index (χ4v) is 2.82. The summed E-state index contributed by atoms with van der Waals surface area (Å²) < 4.78 is 0. The zero-order valence-electron chi connectivity index (χ0n) is 14.5. The zero-order chi connectivity index (χ0) is 15.8. The van der Waals surface area contributed by atoms with Gasteiger partial charge < -0.3 is 10.0 Å². The van der Waals surface area contributed by atoms with E-state index in [1.807, 2.05) is 0 Å². The molecule has 0 aromatic rings. The molecule has 0 heterocycles. The van der Waals surface area contributed by atoms with E-state index in [1.165, 1.54) is 19.3 Å². The van der Waals surface area contributed by atoms with Crippen LogP contribution in [0.2, 0.25) is 0 Å². The lowest BCUT2D eigenvalue weighted by atomic mass is 9.80. The van der Waals surface area contributed by atoms with E-state index >= 15 is 0 Å². The van der Waals surface area contributed by atoms with Gasteiger partial charge in [0.1, 0.15) is 0 Å². The van der Waals surface area contributed by atoms with E-state index in [0.29, 0.717) is 17.1 Å². The third-order valence-corrected chi connectivity index (χ3v) is 4.98. The number of nitrogens with zero attached hydrogens (tertiary/aromatic N) is 1. The number of hydrogen-bond donors (Lipinski definition) is 2. The van der Waals surface area contributed by atoms with Gasteiger partial charge in [-0.15, -0.1) is 0 Å². The van der Waals surface area contributed by atoms with Crippen molar-refractivity contribution in [2.24, 2.45) is 17.3 Å². The first-order valence-corrected chi connectivity index (χ1v) is 8.75. The summed E-state index contributed by atoms with van der Waals surface area (Å²) >= 11 is 4.62. The molecule has 20 heavy (non-hydrogen) atoms. The van der Waals surface area contributed by atoms with Crippen LogP contribution in [0.5, 0.6) is 0 Å². The molecular weight excluding hydrogens is 266 g/mol. The summed E-state index contributed by atoms with van der Waals surface area (Å²) in [5.74, 6) is 1.04. The fraction of sp³-hybridized carbons (Fsp3) is 1.00. The summed E-state index contributed by atoms with van der Waals surface area (Å²) in [6.45, 7) is 17.1. The Hall–Kier alpha value is 0.270. The Labute approximate surface area is 132 Å². The van der Waals surface area contributed by atoms with Gasteiger partial charge in [0, 0.05) is 24.9 Å². The molecule has 0 fully saturated rings. The van der Waals surface area contributed by atoms with E-state index in [0.717, 1.165) is 19.6 Å². The summed E-state index contributed by atoms with van der Waals surface area (Å²) in [6.07, 6.45) is 3.68. The highest BCUT2D eigenvalue weighted by Gasteiger charge is 2.26. The number of aliphatic hydroxyl groups is 1. The van der Waals surface area contributed by atoms with Crippen LogP contribution >= 0.6 is 12.6 Å². The van der Waals surface area contributed by atoms with Crippen LogP contribution in [-0.4, -0.2) is 41.5 Å². The highest BCUT2D eigenvalue weighted by atomic mass is 32.1. The number of thiol groups is 1. The van der Waals surface area contributed by atoms with Gasteiger partial charge >= 0.3 is 0 Å². The average molecular weight is 304 g/mol. The first-order chi connectivity index (χ1) is 9.22. The molecule has 0 aromatic heterocycles. The van der Waals surface area contributed by atoms with Crippen molar-refractivity contribution >= 4 is 12.6 Å². The fourth-order valence-electron chi connectivity index (χ4n) is 2.71. The Bertz CT molecular complexity index is 243. The van der Waals surface area contributed by atoms with E-state index in [2.05, 4.69) is 59.1 Å². The predicted octanol–water partition coefficient (Wildman–Crippen LogP) is 4.09. The molecule has 2 nitrogen and oxygen atoms in total. The largest absolute Gasteiger partial charge is 0.396 e. The third kappa shape index (κ3) is 8.53. The summed E-state index contributed by atoms with van der Waals surface area (Å²) in [5.41, 5.74) is 0.279. The molecule has 0 aliphatic carbocycles. The minimum Gasteiger partial charge on any atom is -0.396 e. The quantitative estimate of drug-likeness (QED) is 0.562. The maximum absolute atomic E-state index is 9.27. The van der Waals surface area contributed by atoms with E-state index in [4.69, 9.17) is 0 Å². The van der Waals surface area contributed by atoms with Gasteiger partial charge in [-0.25, -0.2) is 0 Å². The van der Waals surface area contributed by atoms with E-state index in [-0.39, 0.29) is 12.0 Å². The van der Waals surface area contributed by atoms with Crippen LogP contribution in [-0.2, 0) is 0 Å². The molecule has 0 amide bonds. The van der Waals surface area contributed by atoms with E-state index in [9.17, 15) is 5.11 Å². The van der Waals surface area contributed by atoms with Crippen molar-refractivity contribution in [3.05, 3.63) is 0 Å². The smallest absolute Gasteiger partial charge is 0.0468 e. The van der Waals surface area contributed by atoms with Gasteiger partial charge in [0.05, 0.1) is 0 Å². The van der Waals surface area contributed by atoms with Gasteiger partial charge in [0.25, 0.3) is 0 Å². The van der Waals surface area contributed by atoms with Crippen molar-refractivity contribution < 1.29 is 5.11 Å². The van der Waals surface area contributed by atoms with Gasteiger partial charge in [-0.1, -0.05) is 48.0 Å². The highest BCUT2D eigenvalue weighted by molar-refractivity contribution is 7.81. The van der Waals surface area contributed by atoms with Gasteiger partial charge in [-0.05, 0) is 36.6 Å². The molecular formula is C17H37NOS. The van der Waals surface area contributed by atoms with Crippen molar-refractivity contribution in [3.8, 4) is 0 Å². The summed E-state index contributed by atoms with van der Waals surface area (Å²) in [6, 6.07) is 0. The van der Waals surface area contributed by atoms with E-state index < -0.39 is 0 Å². The van der Waals surface area contributed by atoms with Crippen molar-refractivity contribution in [2.75, 3.05) is 26.2 Å². The predicted molar refractivity (Wildman–Crippen MR) is 93.6 cm³/mol. The second-order valence-corrected chi connectivity index (χ2v) is 8.15. The molecule has 122 valence electrons. The standard InChI is InChI=1S/C17H37NOS/c1-7-8-9-18(12-15(3)13-19)11-14(2)10-17(5,6)16(4)20/h14-16,19-20H,7-13H2,1-6H3. The van der Waals surface area contributed by atoms with Crippen LogP contribution in [0.3, 0.4) is 0 Å². The van der Waals surface area contributed by atoms with Gasteiger partial charge in [-0.2, -0.15) is 12.6 Å². The Morgan fingerprint density at radius 3 is 2.10 bits per heavy atom. The molecule has 0 spiro atoms. The maximum Gasteiger partial charge on any atom is 0.0468 e. The van der Waals surface area contributed by atoms with Crippen LogP contribution in [0.25, 0.3) is 0 Å². The second kappa shape index (κ2) is 10.1. The van der Waals surface area contributed by atoms with E-state index in [1.54, 1.807) is 0 Å². The normalized spacial score (nSPS) is 17.2. The first kappa shape index (κ1) is 20.3. The number of hydrogen-bond acceptors (Lipinski definition) is 3. The summed E-state index contributed by atoms with van der Waals surface area (Å²) in [5, 5.41) is 9.69. The molecule has 3 unspecified atom stereocenters. The molecule has 3 atom stereocenters. The molecule has 3 heteroatoms. The van der Waals surface area contributed by atoms with Crippen LogP contribution in [0.4, 0.5) is 0 Å². The minimum absolute atomic E-state index is 0.279. The lowest BCUT2D eigenvalue weighted by Gasteiger charge is -2.34. The minimum atomic E-state index is 0.279. The SMILES string of the molecule is CCCCN(CC(C)CO)CC(C)CC(C)(C)C(C)S. The van der Waals surface area contributed by atoms with Gasteiger partial charge in [0.2, 0.25) is 0 Å². The molecule has 1 N–H and O–H groups in total. The molecule has 0 aliphatic rings. The van der Waals surface area contributed by atoms with Crippen LogP contribution < -0.4 is 0 Å². The Morgan fingerprint density at radius 1 is 1.10 bits per heavy atom. The lowest BCUT2D eigenvalue weighted by Crippen LogP contribution is -2.36. The number of rotatable bonds is 11. The Morgan fingerprint density at radius 2 is 1.65 bits per heavy atom. The number of unbranched alkanes of at least 4 members (excludes halogenated alkanes) is 1. The molecule has 0 aromatic carbocycles. The monoisotopic (exact) mass is 303 g/mol. The van der Waals surface area contributed by atoms with Crippen LogP contribution in [0.1, 0.15) is 60.8 Å². The van der Waals surface area contributed by atoms with Gasteiger partial charge in [0.15, 0.2) is 0 Å². The second-order valence-electron chi connectivity index (χ2n) is 7.37. The summed E-state index contributed by atoms with van der Waals surface area (Å²) in [7, 11) is 0. The molecule has 0 saturated heterocycles. The molecule has 0 rings (SSSR count). The van der Waals surface area contributed by atoms with Crippen molar-refractivity contribution in [1.82, 2.24) is 4.90 Å². The van der Waals surface area contributed by atoms with Crippen molar-refractivity contribution in [3.63, 3.8) is 0 Å². The Balaban J connectivity index is 4.40. The zero-order valence-corrected chi connectivity index (χ0v) is 15.4. The van der Waals surface area contributed by atoms with Crippen molar-refractivity contribution in [1.29, 1.82) is 0 Å². The van der Waals surface area contributed by atoms with Crippen LogP contribution in [0, 0.1) is 17.3 Å². The Kier molecular flexibility index (Phi) is 10.2. The van der Waals surface area contributed by atoms with Crippen molar-refractivity contribution in [2.45, 2.75) is 66.1 Å². The molecule has 0 radical (unpaired) electrons. The lowest BCUT2D eigenvalue weighted by molar-refractivity contribution is 0.144. The highest BCUT2D eigenvalue weighted by Crippen LogP contribution is 2.32. The molecule has 0 aliphatic heterocycles. The molecule has 0 bridgehead atoms. The third-order valence-electron chi connectivity index (χ3n) is 4.28. The number of aliphatic hydroxyl groups excluding tert-OH is 1. The van der Waals surface area contributed by atoms with Gasteiger partial charge in [-0.3, -0.25) is 0 Å². The average Bonchev–Trinajstić information content (AvgIpc) is 2.34. The maximum atomic E-state index is 9.27. The van der Waals surface area contributed by atoms with Crippen LogP contribution in [0.15, 0.2) is 0 Å². The molecule has 0 saturated carbocycles.